The van der Waals surface area contributed by atoms with Gasteiger partial charge in [-0.15, -0.1) is 11.3 Å². The molecule has 0 saturated carbocycles. The lowest BCUT2D eigenvalue weighted by Gasteiger charge is -2.26. The zero-order valence-corrected chi connectivity index (χ0v) is 16.4. The van der Waals surface area contributed by atoms with E-state index in [2.05, 4.69) is 34.7 Å². The molecule has 1 aromatic rings. The van der Waals surface area contributed by atoms with Gasteiger partial charge in [0.1, 0.15) is 4.21 Å². The maximum Gasteiger partial charge on any atom is 0.253 e. The number of nitrogens with zero attached hydrogens (tertiary/aromatic N) is 2. The Kier molecular flexibility index (Phi) is 7.84. The van der Waals surface area contributed by atoms with Crippen molar-refractivity contribution in [2.45, 2.75) is 31.9 Å². The first-order valence-corrected chi connectivity index (χ1v) is 10.4. The molecule has 0 saturated heterocycles. The van der Waals surface area contributed by atoms with Gasteiger partial charge in [0.25, 0.3) is 10.0 Å². The minimum atomic E-state index is -3.42. The predicted octanol–water partition coefficient (Wildman–Crippen LogP) is 3.50. The lowest BCUT2D eigenvalue weighted by Crippen LogP contribution is -2.40. The van der Waals surface area contributed by atoms with Crippen LogP contribution in [0.3, 0.4) is 0 Å². The number of sulfonamides is 1. The molecule has 0 amide bonds. The molecule has 0 spiro atoms. The third kappa shape index (κ3) is 5.32. The Morgan fingerprint density at radius 3 is 2.29 bits per heavy atom. The summed E-state index contributed by atoms with van der Waals surface area (Å²) < 4.78 is 28.3. The van der Waals surface area contributed by atoms with Crippen molar-refractivity contribution in [2.75, 3.05) is 32.7 Å². The second-order valence-corrected chi connectivity index (χ2v) is 9.24. The Morgan fingerprint density at radius 1 is 1.24 bits per heavy atom. The Labute approximate surface area is 141 Å². The van der Waals surface area contributed by atoms with Gasteiger partial charge < -0.3 is 4.90 Å². The molecule has 0 fully saturated rings. The van der Waals surface area contributed by atoms with Gasteiger partial charge in [0.05, 0.1) is 0 Å². The molecule has 0 aliphatic rings. The molecular weight excluding hydrogens is 372 g/mol. The molecule has 21 heavy (non-hydrogen) atoms. The van der Waals surface area contributed by atoms with E-state index < -0.39 is 10.0 Å². The molecular formula is C14H25BrN2O2S2. The number of hydrogen-bond donors (Lipinski definition) is 0. The summed E-state index contributed by atoms with van der Waals surface area (Å²) in [6.07, 6.45) is 0. The average molecular weight is 397 g/mol. The van der Waals surface area contributed by atoms with E-state index in [4.69, 9.17) is 0 Å². The topological polar surface area (TPSA) is 40.6 Å². The summed E-state index contributed by atoms with van der Waals surface area (Å²) in [7, 11) is -3.42. The van der Waals surface area contributed by atoms with Crippen LogP contribution in [-0.2, 0) is 10.0 Å². The number of likely N-dealkylation sites (N-methyl/N-ethyl adjacent to an activating group) is 1. The lowest BCUT2D eigenvalue weighted by atomic mass is 10.2. The second-order valence-electron chi connectivity index (χ2n) is 5.34. The van der Waals surface area contributed by atoms with Crippen LogP contribution in [0.5, 0.6) is 0 Å². The molecule has 122 valence electrons. The van der Waals surface area contributed by atoms with Gasteiger partial charge in [0, 0.05) is 24.1 Å². The van der Waals surface area contributed by atoms with Gasteiger partial charge in [-0.1, -0.05) is 27.7 Å². The van der Waals surface area contributed by atoms with E-state index >= 15 is 0 Å². The van der Waals surface area contributed by atoms with Crippen LogP contribution >= 0.6 is 27.3 Å². The van der Waals surface area contributed by atoms with Gasteiger partial charge in [-0.05, 0) is 46.4 Å². The summed E-state index contributed by atoms with van der Waals surface area (Å²) in [5.74, 6) is 0.301. The number of hydrogen-bond acceptors (Lipinski definition) is 4. The van der Waals surface area contributed by atoms with E-state index in [1.807, 2.05) is 13.8 Å². The summed E-state index contributed by atoms with van der Waals surface area (Å²) in [5.41, 5.74) is 0. The maximum absolute atomic E-state index is 12.8. The number of thiophene rings is 1. The number of halogens is 1. The quantitative estimate of drug-likeness (QED) is 0.641. The Hall–Kier alpha value is 0.0500. The van der Waals surface area contributed by atoms with Crippen LogP contribution in [0.4, 0.5) is 0 Å². The molecule has 0 atom stereocenters. The largest absolute Gasteiger partial charge is 0.303 e. The van der Waals surface area contributed by atoms with E-state index in [0.717, 1.165) is 19.6 Å². The second kappa shape index (κ2) is 8.62. The van der Waals surface area contributed by atoms with Crippen LogP contribution < -0.4 is 0 Å². The van der Waals surface area contributed by atoms with Crippen molar-refractivity contribution in [3.05, 3.63) is 15.9 Å². The summed E-state index contributed by atoms with van der Waals surface area (Å²) in [5, 5.41) is 1.80. The summed E-state index contributed by atoms with van der Waals surface area (Å²) in [6, 6.07) is 1.79. The highest BCUT2D eigenvalue weighted by Crippen LogP contribution is 2.30. The fraction of sp³-hybridized carbons (Fsp3) is 0.714. The average Bonchev–Trinajstić information content (AvgIpc) is 2.85. The lowest BCUT2D eigenvalue weighted by molar-refractivity contribution is 0.262. The van der Waals surface area contributed by atoms with Gasteiger partial charge in [-0.25, -0.2) is 8.42 Å². The molecule has 7 heteroatoms. The fourth-order valence-corrected chi connectivity index (χ4v) is 6.14. The normalized spacial score (nSPS) is 12.8. The molecule has 0 bridgehead atoms. The maximum atomic E-state index is 12.8. The van der Waals surface area contributed by atoms with E-state index in [9.17, 15) is 8.42 Å². The third-order valence-corrected chi connectivity index (χ3v) is 7.80. The Morgan fingerprint density at radius 2 is 1.86 bits per heavy atom. The number of rotatable bonds is 9. The molecule has 4 nitrogen and oxygen atoms in total. The van der Waals surface area contributed by atoms with Crippen LogP contribution in [0.2, 0.25) is 0 Å². The highest BCUT2D eigenvalue weighted by molar-refractivity contribution is 9.10. The van der Waals surface area contributed by atoms with E-state index in [1.54, 1.807) is 15.8 Å². The van der Waals surface area contributed by atoms with Gasteiger partial charge >= 0.3 is 0 Å². The molecule has 0 aromatic carbocycles. The van der Waals surface area contributed by atoms with Crippen LogP contribution in [0.15, 0.2) is 20.1 Å². The molecule has 0 aliphatic heterocycles. The van der Waals surface area contributed by atoms with Gasteiger partial charge in [-0.2, -0.15) is 4.31 Å². The van der Waals surface area contributed by atoms with E-state index in [1.165, 1.54) is 11.3 Å². The van der Waals surface area contributed by atoms with Crippen molar-refractivity contribution in [1.82, 2.24) is 9.21 Å². The SMILES string of the molecule is CCN(CC)CCN(CC(C)C)S(=O)(=O)c1sccc1Br. The zero-order chi connectivity index (χ0) is 16.0. The molecule has 1 heterocycles. The first kappa shape index (κ1) is 19.1. The molecule has 0 radical (unpaired) electrons. The van der Waals surface area contributed by atoms with Crippen LogP contribution in [-0.4, -0.2) is 50.3 Å². The highest BCUT2D eigenvalue weighted by Gasteiger charge is 2.28. The van der Waals surface area contributed by atoms with Gasteiger partial charge in [0.2, 0.25) is 0 Å². The fourth-order valence-electron chi connectivity index (χ4n) is 2.09. The van der Waals surface area contributed by atoms with Crippen LogP contribution in [0.25, 0.3) is 0 Å². The highest BCUT2D eigenvalue weighted by atomic mass is 79.9. The molecule has 0 aliphatic carbocycles. The first-order chi connectivity index (χ1) is 9.82. The summed E-state index contributed by atoms with van der Waals surface area (Å²) >= 11 is 4.61. The molecule has 0 unspecified atom stereocenters. The molecule has 0 N–H and O–H groups in total. The van der Waals surface area contributed by atoms with Gasteiger partial charge in [-0.3, -0.25) is 0 Å². The van der Waals surface area contributed by atoms with Crippen molar-refractivity contribution >= 4 is 37.3 Å². The van der Waals surface area contributed by atoms with Crippen molar-refractivity contribution in [3.8, 4) is 0 Å². The minimum absolute atomic E-state index is 0.301. The molecule has 1 aromatic heterocycles. The predicted molar refractivity (Wildman–Crippen MR) is 93.4 cm³/mol. The Balaban J connectivity index is 2.94. The van der Waals surface area contributed by atoms with Crippen molar-refractivity contribution in [3.63, 3.8) is 0 Å². The van der Waals surface area contributed by atoms with Gasteiger partial charge in [0.15, 0.2) is 0 Å². The first-order valence-electron chi connectivity index (χ1n) is 7.28. The minimum Gasteiger partial charge on any atom is -0.303 e. The standard InChI is InChI=1S/C14H25BrN2O2S2/c1-5-16(6-2)8-9-17(11-12(3)4)21(18,19)14-13(15)7-10-20-14/h7,10,12H,5-6,8-9,11H2,1-4H3. The monoisotopic (exact) mass is 396 g/mol. The Bertz CT molecular complexity index is 525. The van der Waals surface area contributed by atoms with E-state index in [0.29, 0.717) is 27.7 Å². The van der Waals surface area contributed by atoms with Crippen molar-refractivity contribution in [2.24, 2.45) is 5.92 Å². The molecule has 1 rings (SSSR count). The summed E-state index contributed by atoms with van der Waals surface area (Å²) in [6.45, 7) is 12.0. The van der Waals surface area contributed by atoms with Crippen molar-refractivity contribution < 1.29 is 8.42 Å². The third-order valence-electron chi connectivity index (χ3n) is 3.29. The zero-order valence-electron chi connectivity index (χ0n) is 13.2. The van der Waals surface area contributed by atoms with Crippen molar-refractivity contribution in [1.29, 1.82) is 0 Å². The smallest absolute Gasteiger partial charge is 0.253 e. The van der Waals surface area contributed by atoms with E-state index in [-0.39, 0.29) is 0 Å². The van der Waals surface area contributed by atoms with Crippen LogP contribution in [0, 0.1) is 5.92 Å². The summed E-state index contributed by atoms with van der Waals surface area (Å²) in [4.78, 5) is 2.24. The van der Waals surface area contributed by atoms with Crippen LogP contribution in [0.1, 0.15) is 27.7 Å².